The first-order valence-corrected chi connectivity index (χ1v) is 5.60. The molecular formula is C11H23NO2. The zero-order valence-corrected chi connectivity index (χ0v) is 9.37. The molecule has 0 aromatic carbocycles. The van der Waals surface area contributed by atoms with E-state index >= 15 is 0 Å². The Morgan fingerprint density at radius 1 is 1.36 bits per heavy atom. The Morgan fingerprint density at radius 2 is 2.00 bits per heavy atom. The zero-order chi connectivity index (χ0) is 10.6. The molecular weight excluding hydrogens is 178 g/mol. The minimum absolute atomic E-state index is 0.245. The third kappa shape index (κ3) is 3.95. The van der Waals surface area contributed by atoms with Gasteiger partial charge in [-0.15, -0.1) is 0 Å². The largest absolute Gasteiger partial charge is 0.396 e. The Bertz CT molecular complexity index is 161. The van der Waals surface area contributed by atoms with Gasteiger partial charge in [-0.1, -0.05) is 6.42 Å². The molecule has 1 aliphatic rings. The molecule has 1 aliphatic carbocycles. The maximum Gasteiger partial charge on any atom is 0.0718 e. The van der Waals surface area contributed by atoms with E-state index in [9.17, 15) is 5.11 Å². The molecule has 0 atom stereocenters. The number of rotatable bonds is 6. The van der Waals surface area contributed by atoms with Crippen LogP contribution in [0.25, 0.3) is 0 Å². The van der Waals surface area contributed by atoms with Crippen molar-refractivity contribution < 1.29 is 10.2 Å². The molecule has 84 valence electrons. The lowest BCUT2D eigenvalue weighted by Crippen LogP contribution is -2.47. The highest BCUT2D eigenvalue weighted by atomic mass is 16.3. The topological polar surface area (TPSA) is 43.7 Å². The molecule has 0 bridgehead atoms. The van der Waals surface area contributed by atoms with Crippen LogP contribution in [0.2, 0.25) is 0 Å². The number of aliphatic hydroxyl groups excluding tert-OH is 1. The first-order valence-electron chi connectivity index (χ1n) is 5.60. The van der Waals surface area contributed by atoms with E-state index in [-0.39, 0.29) is 6.61 Å². The van der Waals surface area contributed by atoms with Crippen LogP contribution in [0.15, 0.2) is 0 Å². The van der Waals surface area contributed by atoms with Crippen LogP contribution in [0.3, 0.4) is 0 Å². The Balaban J connectivity index is 2.35. The molecule has 0 radical (unpaired) electrons. The second kappa shape index (κ2) is 5.10. The van der Waals surface area contributed by atoms with E-state index in [0.29, 0.717) is 6.04 Å². The maximum absolute atomic E-state index is 9.75. The van der Waals surface area contributed by atoms with Gasteiger partial charge in [0.25, 0.3) is 0 Å². The standard InChI is InChI=1S/C11H23NO2/c1-11(2,14)9-12(7-4-8-13)10-5-3-6-10/h10,13-14H,3-9H2,1-2H3. The van der Waals surface area contributed by atoms with Crippen LogP contribution >= 0.6 is 0 Å². The van der Waals surface area contributed by atoms with Crippen molar-refractivity contribution in [3.8, 4) is 0 Å². The zero-order valence-electron chi connectivity index (χ0n) is 9.37. The molecule has 0 spiro atoms. The summed E-state index contributed by atoms with van der Waals surface area (Å²) in [5.41, 5.74) is -0.620. The molecule has 3 heteroatoms. The van der Waals surface area contributed by atoms with Gasteiger partial charge in [0.05, 0.1) is 5.60 Å². The third-order valence-electron chi connectivity index (χ3n) is 2.78. The summed E-state index contributed by atoms with van der Waals surface area (Å²) in [4.78, 5) is 2.32. The average Bonchev–Trinajstić information content (AvgIpc) is 1.93. The summed E-state index contributed by atoms with van der Waals surface area (Å²) in [6.07, 6.45) is 4.63. The molecule has 2 N–H and O–H groups in total. The maximum atomic E-state index is 9.75. The van der Waals surface area contributed by atoms with E-state index in [0.717, 1.165) is 19.5 Å². The van der Waals surface area contributed by atoms with E-state index in [1.165, 1.54) is 19.3 Å². The second-order valence-electron chi connectivity index (χ2n) is 4.94. The molecule has 1 fully saturated rings. The van der Waals surface area contributed by atoms with Gasteiger partial charge >= 0.3 is 0 Å². The van der Waals surface area contributed by atoms with E-state index in [2.05, 4.69) is 4.90 Å². The lowest BCUT2D eigenvalue weighted by atomic mass is 9.90. The van der Waals surface area contributed by atoms with Crippen LogP contribution in [0, 0.1) is 0 Å². The van der Waals surface area contributed by atoms with Gasteiger partial charge in [-0.3, -0.25) is 4.90 Å². The van der Waals surface area contributed by atoms with Crippen molar-refractivity contribution in [1.29, 1.82) is 0 Å². The molecule has 0 heterocycles. The Morgan fingerprint density at radius 3 is 2.36 bits per heavy atom. The molecule has 0 aliphatic heterocycles. The monoisotopic (exact) mass is 201 g/mol. The quantitative estimate of drug-likeness (QED) is 0.673. The smallest absolute Gasteiger partial charge is 0.0718 e. The van der Waals surface area contributed by atoms with Gasteiger partial charge in [-0.05, 0) is 33.1 Å². The highest BCUT2D eigenvalue weighted by Crippen LogP contribution is 2.26. The normalized spacial score (nSPS) is 18.6. The van der Waals surface area contributed by atoms with Crippen molar-refractivity contribution in [2.45, 2.75) is 51.2 Å². The molecule has 14 heavy (non-hydrogen) atoms. The van der Waals surface area contributed by atoms with E-state index in [4.69, 9.17) is 5.11 Å². The summed E-state index contributed by atoms with van der Waals surface area (Å²) in [5.74, 6) is 0. The van der Waals surface area contributed by atoms with Crippen LogP contribution in [0.4, 0.5) is 0 Å². The fraction of sp³-hybridized carbons (Fsp3) is 1.00. The lowest BCUT2D eigenvalue weighted by molar-refractivity contribution is 0.00300. The van der Waals surface area contributed by atoms with Crippen molar-refractivity contribution >= 4 is 0 Å². The van der Waals surface area contributed by atoms with Crippen molar-refractivity contribution in [2.75, 3.05) is 19.7 Å². The molecule has 3 nitrogen and oxygen atoms in total. The number of nitrogens with zero attached hydrogens (tertiary/aromatic N) is 1. The molecule has 0 unspecified atom stereocenters. The summed E-state index contributed by atoms with van der Waals surface area (Å²) in [7, 11) is 0. The Labute approximate surface area is 86.7 Å². The second-order valence-corrected chi connectivity index (χ2v) is 4.94. The SMILES string of the molecule is CC(C)(O)CN(CCCO)C1CCC1. The first kappa shape index (κ1) is 12.0. The molecule has 0 aromatic heterocycles. The van der Waals surface area contributed by atoms with E-state index in [1.54, 1.807) is 0 Å². The van der Waals surface area contributed by atoms with Gasteiger partial charge in [0.1, 0.15) is 0 Å². The highest BCUT2D eigenvalue weighted by molar-refractivity contribution is 4.83. The Kier molecular flexibility index (Phi) is 4.35. The van der Waals surface area contributed by atoms with Crippen LogP contribution in [0.1, 0.15) is 39.5 Å². The van der Waals surface area contributed by atoms with Crippen LogP contribution in [0.5, 0.6) is 0 Å². The van der Waals surface area contributed by atoms with Gasteiger partial charge in [0.2, 0.25) is 0 Å². The molecule has 0 amide bonds. The summed E-state index contributed by atoms with van der Waals surface area (Å²) in [6, 6.07) is 0.646. The molecule has 1 rings (SSSR count). The van der Waals surface area contributed by atoms with Crippen LogP contribution < -0.4 is 0 Å². The van der Waals surface area contributed by atoms with Gasteiger partial charge in [0, 0.05) is 25.7 Å². The van der Waals surface area contributed by atoms with Crippen molar-refractivity contribution in [3.05, 3.63) is 0 Å². The van der Waals surface area contributed by atoms with Crippen molar-refractivity contribution in [2.24, 2.45) is 0 Å². The van der Waals surface area contributed by atoms with Gasteiger partial charge in [-0.25, -0.2) is 0 Å². The average molecular weight is 201 g/mol. The molecule has 0 saturated heterocycles. The summed E-state index contributed by atoms with van der Waals surface area (Å²) >= 11 is 0. The van der Waals surface area contributed by atoms with E-state index < -0.39 is 5.60 Å². The minimum atomic E-state index is -0.620. The number of hydrogen-bond acceptors (Lipinski definition) is 3. The lowest BCUT2D eigenvalue weighted by Gasteiger charge is -2.40. The van der Waals surface area contributed by atoms with Gasteiger partial charge < -0.3 is 10.2 Å². The minimum Gasteiger partial charge on any atom is -0.396 e. The Hall–Kier alpha value is -0.120. The predicted octanol–water partition coefficient (Wildman–Crippen LogP) is 0.994. The number of aliphatic hydroxyl groups is 2. The highest BCUT2D eigenvalue weighted by Gasteiger charge is 2.28. The summed E-state index contributed by atoms with van der Waals surface area (Å²) in [6.45, 7) is 5.56. The predicted molar refractivity (Wildman–Crippen MR) is 57.2 cm³/mol. The van der Waals surface area contributed by atoms with Gasteiger partial charge in [-0.2, -0.15) is 0 Å². The first-order chi connectivity index (χ1) is 6.53. The third-order valence-corrected chi connectivity index (χ3v) is 2.78. The van der Waals surface area contributed by atoms with Crippen molar-refractivity contribution in [1.82, 2.24) is 4.90 Å². The molecule has 1 saturated carbocycles. The number of hydrogen-bond donors (Lipinski definition) is 2. The van der Waals surface area contributed by atoms with Crippen LogP contribution in [-0.2, 0) is 0 Å². The molecule has 0 aromatic rings. The van der Waals surface area contributed by atoms with E-state index in [1.807, 2.05) is 13.8 Å². The fourth-order valence-electron chi connectivity index (χ4n) is 1.91. The van der Waals surface area contributed by atoms with Crippen LogP contribution in [-0.4, -0.2) is 46.5 Å². The summed E-state index contributed by atoms with van der Waals surface area (Å²) in [5, 5.41) is 18.5. The van der Waals surface area contributed by atoms with Gasteiger partial charge in [0.15, 0.2) is 0 Å². The fourth-order valence-corrected chi connectivity index (χ4v) is 1.91. The van der Waals surface area contributed by atoms with Crippen molar-refractivity contribution in [3.63, 3.8) is 0 Å². The summed E-state index contributed by atoms with van der Waals surface area (Å²) < 4.78 is 0.